The number of rotatable bonds is 6. The number of benzene rings is 2. The van der Waals surface area contributed by atoms with E-state index in [9.17, 15) is 0 Å². The van der Waals surface area contributed by atoms with Gasteiger partial charge in [-0.25, -0.2) is 0 Å². The predicted octanol–water partition coefficient (Wildman–Crippen LogP) is 3.62. The Morgan fingerprint density at radius 2 is 1.46 bits per heavy atom. The van der Waals surface area contributed by atoms with Crippen molar-refractivity contribution < 1.29 is 0 Å². The summed E-state index contributed by atoms with van der Waals surface area (Å²) in [5.41, 5.74) is 2.58. The maximum absolute atomic E-state index is 2.66. The number of anilines is 2. The summed E-state index contributed by atoms with van der Waals surface area (Å²) in [5.74, 6) is 0. The van der Waals surface area contributed by atoms with Crippen LogP contribution in [0.1, 0.15) is 6.42 Å². The van der Waals surface area contributed by atoms with Crippen LogP contribution in [0.4, 0.5) is 11.4 Å². The highest BCUT2D eigenvalue weighted by molar-refractivity contribution is 6.56. The second kappa shape index (κ2) is 8.69. The van der Waals surface area contributed by atoms with Crippen molar-refractivity contribution in [3.05, 3.63) is 60.7 Å². The zero-order valence-corrected chi connectivity index (χ0v) is 16.1. The van der Waals surface area contributed by atoms with Crippen LogP contribution in [-0.2, 0) is 0 Å². The minimum atomic E-state index is -0.792. The van der Waals surface area contributed by atoms with Gasteiger partial charge in [0.25, 0.3) is 0 Å². The second-order valence-electron chi connectivity index (χ2n) is 6.86. The van der Waals surface area contributed by atoms with E-state index in [0.717, 1.165) is 6.54 Å². The van der Waals surface area contributed by atoms with Gasteiger partial charge >= 0.3 is 14.4 Å². The number of likely N-dealkylation sites (N-methyl/N-ethyl adjacent to an activating group) is 2. The third kappa shape index (κ3) is 4.62. The summed E-state index contributed by atoms with van der Waals surface area (Å²) < 4.78 is 2.66. The molecule has 4 heteroatoms. The molecule has 24 heavy (non-hydrogen) atoms. The highest BCUT2D eigenvalue weighted by atomic mass is 27.2. The minimum absolute atomic E-state index is 0.792. The van der Waals surface area contributed by atoms with Gasteiger partial charge in [-0.3, -0.25) is 0 Å². The summed E-state index contributed by atoms with van der Waals surface area (Å²) in [6, 6.07) is 21.5. The van der Waals surface area contributed by atoms with Crippen molar-refractivity contribution in [2.75, 3.05) is 44.0 Å². The van der Waals surface area contributed by atoms with Crippen molar-refractivity contribution in [2.24, 2.45) is 0 Å². The lowest BCUT2D eigenvalue weighted by atomic mass is 10.2. The highest BCUT2D eigenvalue weighted by Crippen LogP contribution is 2.25. The molecule has 3 nitrogen and oxygen atoms in total. The summed E-state index contributed by atoms with van der Waals surface area (Å²) in [6.45, 7) is 3.56. The molecular weight excluding hydrogens is 309 g/mol. The number of hydrogen-bond donors (Lipinski definition) is 0. The highest BCUT2D eigenvalue weighted by Gasteiger charge is 2.28. The van der Waals surface area contributed by atoms with Crippen molar-refractivity contribution >= 4 is 25.7 Å². The monoisotopic (exact) mass is 337 g/mol. The van der Waals surface area contributed by atoms with Gasteiger partial charge in [-0.1, -0.05) is 41.7 Å². The minimum Gasteiger partial charge on any atom is -0.385 e. The Bertz CT molecular complexity index is 565. The van der Waals surface area contributed by atoms with Crippen LogP contribution in [0.2, 0.25) is 5.28 Å². The van der Waals surface area contributed by atoms with Crippen molar-refractivity contribution in [3.63, 3.8) is 0 Å². The van der Waals surface area contributed by atoms with E-state index < -0.39 is 14.4 Å². The maximum atomic E-state index is 2.66. The molecule has 2 aromatic rings. The van der Waals surface area contributed by atoms with Crippen LogP contribution in [0.5, 0.6) is 0 Å². The van der Waals surface area contributed by atoms with Crippen molar-refractivity contribution in [2.45, 2.75) is 11.7 Å². The topological polar surface area (TPSA) is 9.72 Å². The van der Waals surface area contributed by atoms with Gasteiger partial charge in [0.1, 0.15) is 0 Å². The number of nitrogens with zero attached hydrogens (tertiary/aromatic N) is 3. The van der Waals surface area contributed by atoms with E-state index in [1.54, 1.807) is 0 Å². The lowest BCUT2D eigenvalue weighted by Crippen LogP contribution is -2.53. The molecule has 0 unspecified atom stereocenters. The summed E-state index contributed by atoms with van der Waals surface area (Å²) in [4.78, 5) is 4.98. The standard InChI is InChI=1S/C15H16N.C5H12N2.Al/c1-2-13-16(14-9-5-3-6-10-14)15-11-7-4-8-12-15;1-6-4-5-7(2)3;/h3-12H,1-2,13H2;2,4-5H2,1,3H3;/q;-1;+1. The van der Waals surface area contributed by atoms with Gasteiger partial charge in [-0.2, -0.15) is 0 Å². The molecule has 1 heterocycles. The average molecular weight is 337 g/mol. The molecule has 0 aliphatic carbocycles. The fraction of sp³-hybridized carbons (Fsp3) is 0.400. The maximum Gasteiger partial charge on any atom is 0.387 e. The summed E-state index contributed by atoms with van der Waals surface area (Å²) in [6.07, 6.45) is 1.26. The third-order valence-electron chi connectivity index (χ3n) is 5.03. The first-order valence-corrected chi connectivity index (χ1v) is 11.2. The van der Waals surface area contributed by atoms with E-state index in [1.807, 2.05) is 0 Å². The zero-order valence-electron chi connectivity index (χ0n) is 14.9. The van der Waals surface area contributed by atoms with Crippen molar-refractivity contribution in [1.29, 1.82) is 0 Å². The third-order valence-corrected chi connectivity index (χ3v) is 8.66. The van der Waals surface area contributed by atoms with Crippen LogP contribution in [0.25, 0.3) is 0 Å². The normalized spacial score (nSPS) is 16.3. The molecule has 0 bridgehead atoms. The molecule has 1 aliphatic heterocycles. The number of hydrogen-bond acceptors (Lipinski definition) is 3. The fourth-order valence-electron chi connectivity index (χ4n) is 3.52. The SMILES string of the molecule is CN1CC[N](C)[Al]([CH2]CCN(c2ccccc2)c2ccccc2)[CH2]1. The molecule has 1 fully saturated rings. The van der Waals surface area contributed by atoms with E-state index in [4.69, 9.17) is 0 Å². The van der Waals surface area contributed by atoms with E-state index in [1.165, 1.54) is 41.6 Å². The molecule has 0 saturated carbocycles. The quantitative estimate of drug-likeness (QED) is 0.746. The molecular formula is C20H28AlN3. The Labute approximate surface area is 151 Å². The lowest BCUT2D eigenvalue weighted by Gasteiger charge is -2.35. The van der Waals surface area contributed by atoms with E-state index in [2.05, 4.69) is 88.4 Å². The predicted molar refractivity (Wildman–Crippen MR) is 105 cm³/mol. The Morgan fingerprint density at radius 3 is 2.04 bits per heavy atom. The zero-order chi connectivity index (χ0) is 16.8. The smallest absolute Gasteiger partial charge is 0.385 e. The van der Waals surface area contributed by atoms with E-state index in [0.29, 0.717) is 0 Å². The van der Waals surface area contributed by atoms with Crippen LogP contribution in [0.3, 0.4) is 0 Å². The molecule has 3 rings (SSSR count). The lowest BCUT2D eigenvalue weighted by molar-refractivity contribution is 0.300. The van der Waals surface area contributed by atoms with Crippen LogP contribution in [0.15, 0.2) is 60.7 Å². The van der Waals surface area contributed by atoms with Gasteiger partial charge < -0.3 is 13.7 Å². The Morgan fingerprint density at radius 1 is 0.875 bits per heavy atom. The Hall–Kier alpha value is -1.31. The van der Waals surface area contributed by atoms with Gasteiger partial charge in [0.05, 0.1) is 0 Å². The first-order chi connectivity index (χ1) is 11.7. The Kier molecular flexibility index (Phi) is 6.34. The summed E-state index contributed by atoms with van der Waals surface area (Å²) in [5, 5.41) is 2.71. The van der Waals surface area contributed by atoms with Crippen molar-refractivity contribution in [3.8, 4) is 0 Å². The molecule has 1 aliphatic rings. The molecule has 0 N–H and O–H groups in total. The van der Waals surface area contributed by atoms with Crippen molar-refractivity contribution in [1.82, 2.24) is 8.78 Å². The fourth-order valence-corrected chi connectivity index (χ4v) is 6.46. The molecule has 0 spiro atoms. The van der Waals surface area contributed by atoms with Gasteiger partial charge in [-0.15, -0.1) is 0 Å². The van der Waals surface area contributed by atoms with Crippen LogP contribution in [0, 0.1) is 0 Å². The van der Waals surface area contributed by atoms with Gasteiger partial charge in [0.2, 0.25) is 0 Å². The second-order valence-corrected chi connectivity index (χ2v) is 9.99. The average Bonchev–Trinajstić information content (AvgIpc) is 2.63. The molecule has 0 radical (unpaired) electrons. The van der Waals surface area contributed by atoms with Crippen LogP contribution >= 0.6 is 0 Å². The molecule has 0 amide bonds. The molecule has 2 aromatic carbocycles. The molecule has 126 valence electrons. The van der Waals surface area contributed by atoms with Crippen LogP contribution in [-0.4, -0.2) is 62.3 Å². The molecule has 1 saturated heterocycles. The van der Waals surface area contributed by atoms with Gasteiger partial charge in [0.15, 0.2) is 0 Å². The number of para-hydroxylation sites is 2. The van der Waals surface area contributed by atoms with Crippen LogP contribution < -0.4 is 4.90 Å². The molecule has 0 aromatic heterocycles. The van der Waals surface area contributed by atoms with E-state index >= 15 is 0 Å². The largest absolute Gasteiger partial charge is 0.387 e. The summed E-state index contributed by atoms with van der Waals surface area (Å²) >= 11 is -0.792. The molecule has 0 atom stereocenters. The first-order valence-electron chi connectivity index (χ1n) is 9.00. The van der Waals surface area contributed by atoms with Gasteiger partial charge in [0, 0.05) is 24.5 Å². The summed E-state index contributed by atoms with van der Waals surface area (Å²) in [7, 11) is 4.60. The first kappa shape index (κ1) is 17.5. The van der Waals surface area contributed by atoms with Gasteiger partial charge in [-0.05, 0) is 56.7 Å². The Balaban J connectivity index is 1.65. The van der Waals surface area contributed by atoms with E-state index in [-0.39, 0.29) is 0 Å².